The van der Waals surface area contributed by atoms with Gasteiger partial charge in [0.05, 0.1) is 0 Å². The van der Waals surface area contributed by atoms with Gasteiger partial charge in [0.15, 0.2) is 0 Å². The minimum Gasteiger partial charge on any atom is -0.357 e. The molecule has 0 heterocycles. The SMILES string of the molecule is CCC(=O)N(Cc1ccc(Cl)cc1)C(C(=O)NC)c1ccccc1. The minimum absolute atomic E-state index is 0.0811. The highest BCUT2D eigenvalue weighted by Crippen LogP contribution is 2.24. The van der Waals surface area contributed by atoms with Gasteiger partial charge in [0, 0.05) is 25.0 Å². The lowest BCUT2D eigenvalue weighted by molar-refractivity contribution is -0.141. The van der Waals surface area contributed by atoms with Crippen LogP contribution < -0.4 is 5.32 Å². The second-order valence-electron chi connectivity index (χ2n) is 5.43. The van der Waals surface area contributed by atoms with Gasteiger partial charge in [-0.25, -0.2) is 0 Å². The molecule has 5 heteroatoms. The van der Waals surface area contributed by atoms with Crippen LogP contribution in [0.3, 0.4) is 0 Å². The molecule has 0 saturated heterocycles. The smallest absolute Gasteiger partial charge is 0.247 e. The summed E-state index contributed by atoms with van der Waals surface area (Å²) < 4.78 is 0. The second-order valence-corrected chi connectivity index (χ2v) is 5.87. The summed E-state index contributed by atoms with van der Waals surface area (Å²) in [5.41, 5.74) is 1.71. The lowest BCUT2D eigenvalue weighted by atomic mass is 10.0. The largest absolute Gasteiger partial charge is 0.357 e. The predicted molar refractivity (Wildman–Crippen MR) is 95.5 cm³/mol. The summed E-state index contributed by atoms with van der Waals surface area (Å²) in [6.07, 6.45) is 0.327. The molecule has 0 fully saturated rings. The Morgan fingerprint density at radius 1 is 1.08 bits per heavy atom. The van der Waals surface area contributed by atoms with Crippen LogP contribution in [-0.4, -0.2) is 23.8 Å². The number of carbonyl (C=O) groups excluding carboxylic acids is 2. The summed E-state index contributed by atoms with van der Waals surface area (Å²) in [5, 5.41) is 3.30. The fourth-order valence-electron chi connectivity index (χ4n) is 2.56. The zero-order chi connectivity index (χ0) is 17.5. The maximum Gasteiger partial charge on any atom is 0.247 e. The van der Waals surface area contributed by atoms with E-state index in [9.17, 15) is 9.59 Å². The molecule has 0 bridgehead atoms. The van der Waals surface area contributed by atoms with Gasteiger partial charge in [-0.1, -0.05) is 61.0 Å². The quantitative estimate of drug-likeness (QED) is 0.871. The highest BCUT2D eigenvalue weighted by molar-refractivity contribution is 6.30. The molecule has 24 heavy (non-hydrogen) atoms. The maximum absolute atomic E-state index is 12.5. The Bertz CT molecular complexity index is 686. The van der Waals surface area contributed by atoms with Crippen molar-refractivity contribution in [3.63, 3.8) is 0 Å². The first kappa shape index (κ1) is 18.0. The van der Waals surface area contributed by atoms with Crippen LogP contribution in [0.25, 0.3) is 0 Å². The van der Waals surface area contributed by atoms with Crippen LogP contribution >= 0.6 is 11.6 Å². The number of nitrogens with one attached hydrogen (secondary N) is 1. The van der Waals surface area contributed by atoms with Crippen LogP contribution in [-0.2, 0) is 16.1 Å². The lowest BCUT2D eigenvalue weighted by Crippen LogP contribution is -2.42. The van der Waals surface area contributed by atoms with E-state index in [1.54, 1.807) is 31.0 Å². The molecule has 0 aromatic heterocycles. The molecule has 0 aliphatic rings. The van der Waals surface area contributed by atoms with Crippen LogP contribution in [0, 0.1) is 0 Å². The third-order valence-electron chi connectivity index (χ3n) is 3.81. The van der Waals surface area contributed by atoms with Gasteiger partial charge in [0.2, 0.25) is 11.8 Å². The number of likely N-dealkylation sites (N-methyl/N-ethyl adjacent to an activating group) is 1. The Balaban J connectivity index is 2.40. The molecular weight excluding hydrogens is 324 g/mol. The third-order valence-corrected chi connectivity index (χ3v) is 4.06. The summed E-state index contributed by atoms with van der Waals surface area (Å²) in [4.78, 5) is 26.6. The third kappa shape index (κ3) is 4.36. The fourth-order valence-corrected chi connectivity index (χ4v) is 2.68. The first-order valence-electron chi connectivity index (χ1n) is 7.87. The zero-order valence-corrected chi connectivity index (χ0v) is 14.6. The highest BCUT2D eigenvalue weighted by Gasteiger charge is 2.29. The van der Waals surface area contributed by atoms with Crippen molar-refractivity contribution in [3.05, 3.63) is 70.7 Å². The molecule has 0 radical (unpaired) electrons. The van der Waals surface area contributed by atoms with E-state index in [1.807, 2.05) is 42.5 Å². The summed E-state index contributed by atoms with van der Waals surface area (Å²) in [5.74, 6) is -0.292. The van der Waals surface area contributed by atoms with Crippen molar-refractivity contribution in [2.24, 2.45) is 0 Å². The van der Waals surface area contributed by atoms with Gasteiger partial charge in [-0.2, -0.15) is 0 Å². The van der Waals surface area contributed by atoms with Gasteiger partial charge in [0.1, 0.15) is 6.04 Å². The van der Waals surface area contributed by atoms with Crippen LogP contribution in [0.1, 0.15) is 30.5 Å². The molecule has 0 aliphatic carbocycles. The van der Waals surface area contributed by atoms with Crippen LogP contribution in [0.15, 0.2) is 54.6 Å². The molecule has 2 aromatic carbocycles. The molecule has 1 unspecified atom stereocenters. The number of amides is 2. The van der Waals surface area contributed by atoms with Crippen molar-refractivity contribution >= 4 is 23.4 Å². The second kappa shape index (κ2) is 8.50. The van der Waals surface area contributed by atoms with Crippen LogP contribution in [0.5, 0.6) is 0 Å². The average molecular weight is 345 g/mol. The zero-order valence-electron chi connectivity index (χ0n) is 13.8. The Kier molecular flexibility index (Phi) is 6.38. The van der Waals surface area contributed by atoms with Crippen LogP contribution in [0.2, 0.25) is 5.02 Å². The number of hydrogen-bond donors (Lipinski definition) is 1. The highest BCUT2D eigenvalue weighted by atomic mass is 35.5. The van der Waals surface area contributed by atoms with E-state index in [0.29, 0.717) is 18.0 Å². The van der Waals surface area contributed by atoms with Crippen molar-refractivity contribution in [3.8, 4) is 0 Å². The Morgan fingerprint density at radius 3 is 2.25 bits per heavy atom. The minimum atomic E-state index is -0.667. The number of nitrogens with zero attached hydrogens (tertiary/aromatic N) is 1. The number of hydrogen-bond acceptors (Lipinski definition) is 2. The molecule has 2 amide bonds. The van der Waals surface area contributed by atoms with Gasteiger partial charge in [-0.15, -0.1) is 0 Å². The van der Waals surface area contributed by atoms with E-state index in [1.165, 1.54) is 0 Å². The fraction of sp³-hybridized carbons (Fsp3) is 0.263. The van der Waals surface area contributed by atoms with Gasteiger partial charge < -0.3 is 10.2 Å². The molecule has 126 valence electrons. The number of benzene rings is 2. The monoisotopic (exact) mass is 344 g/mol. The van der Waals surface area contributed by atoms with E-state index in [0.717, 1.165) is 11.1 Å². The molecule has 1 N–H and O–H groups in total. The molecule has 0 aliphatic heterocycles. The van der Waals surface area contributed by atoms with E-state index in [4.69, 9.17) is 11.6 Å². The number of halogens is 1. The topological polar surface area (TPSA) is 49.4 Å². The van der Waals surface area contributed by atoms with Crippen molar-refractivity contribution in [1.29, 1.82) is 0 Å². The molecule has 0 spiro atoms. The molecule has 1 atom stereocenters. The van der Waals surface area contributed by atoms with Crippen molar-refractivity contribution in [2.45, 2.75) is 25.9 Å². The van der Waals surface area contributed by atoms with E-state index in [2.05, 4.69) is 5.32 Å². The van der Waals surface area contributed by atoms with Crippen molar-refractivity contribution < 1.29 is 9.59 Å². The maximum atomic E-state index is 12.5. The average Bonchev–Trinajstić information content (AvgIpc) is 2.62. The normalized spacial score (nSPS) is 11.6. The van der Waals surface area contributed by atoms with E-state index < -0.39 is 6.04 Å². The van der Waals surface area contributed by atoms with Gasteiger partial charge in [-0.05, 0) is 23.3 Å². The van der Waals surface area contributed by atoms with E-state index >= 15 is 0 Å². The summed E-state index contributed by atoms with van der Waals surface area (Å²) in [7, 11) is 1.58. The Morgan fingerprint density at radius 2 is 1.71 bits per heavy atom. The lowest BCUT2D eigenvalue weighted by Gasteiger charge is -2.31. The molecule has 2 rings (SSSR count). The van der Waals surface area contributed by atoms with Crippen molar-refractivity contribution in [2.75, 3.05) is 7.05 Å². The Labute approximate surface area is 147 Å². The summed E-state index contributed by atoms with van der Waals surface area (Å²) >= 11 is 5.92. The van der Waals surface area contributed by atoms with Crippen molar-refractivity contribution in [1.82, 2.24) is 10.2 Å². The first-order chi connectivity index (χ1) is 11.6. The van der Waals surface area contributed by atoms with Gasteiger partial charge >= 0.3 is 0 Å². The standard InChI is InChI=1S/C19H21ClN2O2/c1-3-17(23)22(13-14-9-11-16(20)12-10-14)18(19(24)21-2)15-7-5-4-6-8-15/h4-12,18H,3,13H2,1-2H3,(H,21,24). The number of rotatable bonds is 6. The number of carbonyl (C=O) groups is 2. The van der Waals surface area contributed by atoms with Gasteiger partial charge in [0.25, 0.3) is 0 Å². The van der Waals surface area contributed by atoms with Crippen LogP contribution in [0.4, 0.5) is 0 Å². The summed E-state index contributed by atoms with van der Waals surface area (Å²) in [6, 6.07) is 16.0. The van der Waals surface area contributed by atoms with E-state index in [-0.39, 0.29) is 11.8 Å². The first-order valence-corrected chi connectivity index (χ1v) is 8.25. The molecule has 2 aromatic rings. The molecule has 4 nitrogen and oxygen atoms in total. The summed E-state index contributed by atoms with van der Waals surface area (Å²) in [6.45, 7) is 2.14. The Hall–Kier alpha value is -2.33. The van der Waals surface area contributed by atoms with Gasteiger partial charge in [-0.3, -0.25) is 9.59 Å². The predicted octanol–water partition coefficient (Wildman–Crippen LogP) is 3.57. The molecule has 0 saturated carbocycles. The molecular formula is C19H21ClN2O2.